The van der Waals surface area contributed by atoms with Gasteiger partial charge in [0, 0.05) is 25.7 Å². The van der Waals surface area contributed by atoms with E-state index >= 15 is 0 Å². The summed E-state index contributed by atoms with van der Waals surface area (Å²) in [5.74, 6) is -2.89. The summed E-state index contributed by atoms with van der Waals surface area (Å²) in [4.78, 5) is 24.6. The monoisotopic (exact) mass is 280 g/mol. The molecular weight excluding hydrogens is 260 g/mol. The van der Waals surface area contributed by atoms with Crippen LogP contribution >= 0.6 is 0 Å². The molecule has 1 fully saturated rings. The van der Waals surface area contributed by atoms with Crippen molar-refractivity contribution in [2.45, 2.75) is 19.1 Å². The highest BCUT2D eigenvalue weighted by Gasteiger charge is 2.61. The summed E-state index contributed by atoms with van der Waals surface area (Å²) in [6.07, 6.45) is 2.28. The van der Waals surface area contributed by atoms with Gasteiger partial charge in [-0.2, -0.15) is 0 Å². The van der Waals surface area contributed by atoms with E-state index in [2.05, 4.69) is 6.58 Å². The smallest absolute Gasteiger partial charge is 0.333 e. The number of allylic oxidation sites excluding steroid dienone is 2. The molecule has 0 radical (unpaired) electrons. The van der Waals surface area contributed by atoms with E-state index in [1.54, 1.807) is 6.08 Å². The number of esters is 1. The Balaban J connectivity index is 2.54. The number of fused-ring (bicyclic) bond motifs is 2. The maximum Gasteiger partial charge on any atom is 0.333 e. The molecule has 110 valence electrons. The third-order valence-electron chi connectivity index (χ3n) is 4.42. The zero-order valence-electron chi connectivity index (χ0n) is 12.3. The van der Waals surface area contributed by atoms with Gasteiger partial charge in [-0.1, -0.05) is 18.2 Å². The van der Waals surface area contributed by atoms with Crippen LogP contribution < -0.4 is 0 Å². The molecule has 0 heterocycles. The highest BCUT2D eigenvalue weighted by molar-refractivity contribution is 6.00. The normalized spacial score (nSPS) is 30.9. The zero-order chi connectivity index (χ0) is 15.1. The van der Waals surface area contributed by atoms with Crippen LogP contribution in [0, 0.1) is 17.8 Å². The summed E-state index contributed by atoms with van der Waals surface area (Å²) >= 11 is 0. The molecule has 2 bridgehead atoms. The largest absolute Gasteiger partial charge is 0.466 e. The van der Waals surface area contributed by atoms with Gasteiger partial charge in [0.1, 0.15) is 0 Å². The van der Waals surface area contributed by atoms with Crippen molar-refractivity contribution in [2.75, 3.05) is 21.3 Å². The molecule has 0 N–H and O–H groups in total. The minimum atomic E-state index is -1.39. The molecule has 0 amide bonds. The van der Waals surface area contributed by atoms with Crippen molar-refractivity contribution in [3.05, 3.63) is 23.8 Å². The lowest BCUT2D eigenvalue weighted by atomic mass is 9.60. The van der Waals surface area contributed by atoms with Crippen LogP contribution in [0.3, 0.4) is 0 Å². The quantitative estimate of drug-likeness (QED) is 0.443. The molecular formula is C15H20O5. The fourth-order valence-electron chi connectivity index (χ4n) is 3.38. The number of ether oxygens (including phenoxy) is 3. The lowest BCUT2D eigenvalue weighted by Crippen LogP contribution is -2.61. The van der Waals surface area contributed by atoms with Crippen molar-refractivity contribution in [1.29, 1.82) is 0 Å². The van der Waals surface area contributed by atoms with Gasteiger partial charge in [0.05, 0.1) is 13.0 Å². The van der Waals surface area contributed by atoms with Crippen LogP contribution in [0.2, 0.25) is 0 Å². The molecule has 3 atom stereocenters. The van der Waals surface area contributed by atoms with Crippen molar-refractivity contribution in [1.82, 2.24) is 0 Å². The number of carbonyl (C=O) groups is 2. The maximum atomic E-state index is 12.7. The number of hydrogen-bond acceptors (Lipinski definition) is 5. The lowest BCUT2D eigenvalue weighted by Gasteiger charge is -2.50. The Hall–Kier alpha value is -1.46. The van der Waals surface area contributed by atoms with Gasteiger partial charge in [0.25, 0.3) is 0 Å². The minimum absolute atomic E-state index is 0.0133. The van der Waals surface area contributed by atoms with Gasteiger partial charge in [-0.05, 0) is 19.3 Å². The number of Topliss-reactive ketones (excluding diaryl/α,β-unsaturated/α-hetero) is 1. The van der Waals surface area contributed by atoms with Gasteiger partial charge >= 0.3 is 5.97 Å². The topological polar surface area (TPSA) is 61.8 Å². The SMILES string of the molecule is C=C(C)[C@@H]1C[C@@H]2C(C(=O)OC)=C[C@H]1C(=O)C2(OC)OC. The minimum Gasteiger partial charge on any atom is -0.466 e. The first-order valence-electron chi connectivity index (χ1n) is 6.53. The number of ketones is 1. The first-order valence-corrected chi connectivity index (χ1v) is 6.53. The Bertz CT molecular complexity index is 486. The molecule has 0 spiro atoms. The molecule has 0 aliphatic heterocycles. The molecule has 0 aromatic carbocycles. The highest BCUT2D eigenvalue weighted by Crippen LogP contribution is 2.51. The Morgan fingerprint density at radius 1 is 1.35 bits per heavy atom. The molecule has 0 aromatic rings. The zero-order valence-corrected chi connectivity index (χ0v) is 12.3. The fraction of sp³-hybridized carbons (Fsp3) is 0.600. The molecule has 3 aliphatic rings. The van der Waals surface area contributed by atoms with Crippen LogP contribution in [0.15, 0.2) is 23.8 Å². The summed E-state index contributed by atoms with van der Waals surface area (Å²) in [6.45, 7) is 5.84. The van der Waals surface area contributed by atoms with Gasteiger partial charge < -0.3 is 14.2 Å². The fourth-order valence-corrected chi connectivity index (χ4v) is 3.38. The maximum absolute atomic E-state index is 12.7. The first-order chi connectivity index (χ1) is 9.42. The van der Waals surface area contributed by atoms with Crippen LogP contribution in [-0.2, 0) is 23.8 Å². The summed E-state index contributed by atoms with van der Waals surface area (Å²) in [6, 6.07) is 0. The van der Waals surface area contributed by atoms with Crippen LogP contribution in [-0.4, -0.2) is 38.9 Å². The van der Waals surface area contributed by atoms with Gasteiger partial charge in [-0.25, -0.2) is 4.79 Å². The van der Waals surface area contributed by atoms with Gasteiger partial charge in [0.15, 0.2) is 5.78 Å². The van der Waals surface area contributed by atoms with Crippen molar-refractivity contribution < 1.29 is 23.8 Å². The van der Waals surface area contributed by atoms with E-state index in [1.165, 1.54) is 21.3 Å². The summed E-state index contributed by atoms with van der Waals surface area (Å²) in [7, 11) is 4.17. The Morgan fingerprint density at radius 2 is 1.95 bits per heavy atom. The molecule has 0 unspecified atom stereocenters. The second-order valence-corrected chi connectivity index (χ2v) is 5.32. The van der Waals surface area contributed by atoms with Crippen molar-refractivity contribution in [2.24, 2.45) is 17.8 Å². The van der Waals surface area contributed by atoms with Gasteiger partial charge in [0.2, 0.25) is 5.79 Å². The van der Waals surface area contributed by atoms with Crippen LogP contribution in [0.4, 0.5) is 0 Å². The predicted molar refractivity (Wildman–Crippen MR) is 71.8 cm³/mol. The number of rotatable bonds is 4. The van der Waals surface area contributed by atoms with E-state index in [0.29, 0.717) is 12.0 Å². The molecule has 5 heteroatoms. The van der Waals surface area contributed by atoms with E-state index in [4.69, 9.17) is 14.2 Å². The average Bonchev–Trinajstić information content (AvgIpc) is 2.47. The Labute approximate surface area is 118 Å². The summed E-state index contributed by atoms with van der Waals surface area (Å²) in [5.41, 5.74) is 1.38. The molecule has 5 nitrogen and oxygen atoms in total. The molecule has 0 saturated heterocycles. The summed E-state index contributed by atoms with van der Waals surface area (Å²) in [5, 5.41) is 0. The highest BCUT2D eigenvalue weighted by atomic mass is 16.7. The molecule has 1 saturated carbocycles. The molecule has 0 aromatic heterocycles. The average molecular weight is 280 g/mol. The van der Waals surface area contributed by atoms with Crippen molar-refractivity contribution in [3.63, 3.8) is 0 Å². The lowest BCUT2D eigenvalue weighted by molar-refractivity contribution is -0.241. The number of methoxy groups -OCH3 is 3. The first kappa shape index (κ1) is 14.9. The Kier molecular flexibility index (Phi) is 3.84. The van der Waals surface area contributed by atoms with E-state index in [9.17, 15) is 9.59 Å². The van der Waals surface area contributed by atoms with E-state index in [0.717, 1.165) is 5.57 Å². The van der Waals surface area contributed by atoms with E-state index in [-0.39, 0.29) is 11.7 Å². The van der Waals surface area contributed by atoms with Crippen molar-refractivity contribution >= 4 is 11.8 Å². The van der Waals surface area contributed by atoms with Crippen LogP contribution in [0.5, 0.6) is 0 Å². The predicted octanol–water partition coefficient (Wildman–Crippen LogP) is 1.49. The van der Waals surface area contributed by atoms with Gasteiger partial charge in [-0.3, -0.25) is 4.79 Å². The van der Waals surface area contributed by atoms with Crippen molar-refractivity contribution in [3.8, 4) is 0 Å². The molecule has 20 heavy (non-hydrogen) atoms. The Morgan fingerprint density at radius 3 is 2.40 bits per heavy atom. The van der Waals surface area contributed by atoms with E-state index < -0.39 is 23.6 Å². The number of carbonyl (C=O) groups excluding carboxylic acids is 2. The van der Waals surface area contributed by atoms with Crippen LogP contribution in [0.25, 0.3) is 0 Å². The van der Waals surface area contributed by atoms with E-state index in [1.807, 2.05) is 6.92 Å². The second-order valence-electron chi connectivity index (χ2n) is 5.32. The standard InChI is InChI=1S/C15H20O5/c1-8(2)9-7-12-11(14(17)18-3)6-10(9)13(16)15(12,19-4)20-5/h6,9-10,12H,1,7H2,2-5H3/t9-,10+,12+/m0/s1. The molecule has 3 rings (SSSR count). The number of hydrogen-bond donors (Lipinski definition) is 0. The second kappa shape index (κ2) is 5.14. The third-order valence-corrected chi connectivity index (χ3v) is 4.42. The van der Waals surface area contributed by atoms with Gasteiger partial charge in [-0.15, -0.1) is 0 Å². The third kappa shape index (κ3) is 1.84. The molecule has 3 aliphatic carbocycles. The summed E-state index contributed by atoms with van der Waals surface area (Å²) < 4.78 is 15.6. The van der Waals surface area contributed by atoms with Crippen LogP contribution in [0.1, 0.15) is 13.3 Å².